The zero-order chi connectivity index (χ0) is 10.7. The van der Waals surface area contributed by atoms with Crippen LogP contribution in [0.15, 0.2) is 30.3 Å². The van der Waals surface area contributed by atoms with E-state index in [2.05, 4.69) is 6.08 Å². The summed E-state index contributed by atoms with van der Waals surface area (Å²) in [6.07, 6.45) is 5.39. The molecule has 0 spiro atoms. The highest BCUT2D eigenvalue weighted by molar-refractivity contribution is 5.68. The Hall–Kier alpha value is -1.15. The molecule has 1 atom stereocenters. The SMILES string of the molecule is OCC1CCCC=C1c1ccc(F)cc1. The first-order valence-corrected chi connectivity index (χ1v) is 5.38. The normalized spacial score (nSPS) is 21.2. The van der Waals surface area contributed by atoms with E-state index >= 15 is 0 Å². The van der Waals surface area contributed by atoms with Gasteiger partial charge in [0.1, 0.15) is 5.82 Å². The average Bonchev–Trinajstić information content (AvgIpc) is 2.30. The number of halogens is 1. The maximum Gasteiger partial charge on any atom is 0.123 e. The zero-order valence-corrected chi connectivity index (χ0v) is 8.62. The summed E-state index contributed by atoms with van der Waals surface area (Å²) < 4.78 is 12.8. The topological polar surface area (TPSA) is 20.2 Å². The molecule has 0 bridgehead atoms. The molecule has 2 rings (SSSR count). The molecule has 0 radical (unpaired) electrons. The summed E-state index contributed by atoms with van der Waals surface area (Å²) in [6, 6.07) is 6.52. The third-order valence-electron chi connectivity index (χ3n) is 2.96. The molecule has 15 heavy (non-hydrogen) atoms. The molecule has 1 nitrogen and oxygen atoms in total. The Morgan fingerprint density at radius 2 is 2.00 bits per heavy atom. The van der Waals surface area contributed by atoms with Gasteiger partial charge in [-0.1, -0.05) is 18.2 Å². The van der Waals surface area contributed by atoms with E-state index in [-0.39, 0.29) is 18.3 Å². The zero-order valence-electron chi connectivity index (χ0n) is 8.62. The number of benzene rings is 1. The minimum Gasteiger partial charge on any atom is -0.396 e. The molecule has 1 N–H and O–H groups in total. The summed E-state index contributed by atoms with van der Waals surface area (Å²) in [5, 5.41) is 9.26. The summed E-state index contributed by atoms with van der Waals surface area (Å²) in [6.45, 7) is 0.184. The molecule has 2 heteroatoms. The predicted octanol–water partition coefficient (Wildman–Crippen LogP) is 3.00. The molecule has 0 saturated carbocycles. The fourth-order valence-corrected chi connectivity index (χ4v) is 2.13. The van der Waals surface area contributed by atoms with E-state index < -0.39 is 0 Å². The van der Waals surface area contributed by atoms with Crippen LogP contribution in [0, 0.1) is 11.7 Å². The largest absolute Gasteiger partial charge is 0.396 e. The first kappa shape index (κ1) is 10.4. The minimum atomic E-state index is -0.212. The molecule has 0 amide bonds. The van der Waals surface area contributed by atoms with Gasteiger partial charge in [-0.2, -0.15) is 0 Å². The monoisotopic (exact) mass is 206 g/mol. The van der Waals surface area contributed by atoms with E-state index in [0.29, 0.717) is 0 Å². The van der Waals surface area contributed by atoms with E-state index in [0.717, 1.165) is 24.8 Å². The van der Waals surface area contributed by atoms with Gasteiger partial charge in [0.05, 0.1) is 0 Å². The quantitative estimate of drug-likeness (QED) is 0.788. The van der Waals surface area contributed by atoms with E-state index in [1.807, 2.05) is 0 Å². The standard InChI is InChI=1S/C13H15FO/c14-12-7-5-10(6-8-12)13-4-2-1-3-11(13)9-15/h4-8,11,15H,1-3,9H2. The lowest BCUT2D eigenvalue weighted by atomic mass is 9.84. The van der Waals surface area contributed by atoms with Gasteiger partial charge in [-0.3, -0.25) is 0 Å². The maximum absolute atomic E-state index is 12.8. The Balaban J connectivity index is 2.28. The van der Waals surface area contributed by atoms with Gasteiger partial charge >= 0.3 is 0 Å². The molecule has 1 aromatic carbocycles. The molecule has 0 fully saturated rings. The van der Waals surface area contributed by atoms with Crippen molar-refractivity contribution in [1.82, 2.24) is 0 Å². The molecule has 1 aliphatic carbocycles. The van der Waals surface area contributed by atoms with Crippen LogP contribution < -0.4 is 0 Å². The lowest BCUT2D eigenvalue weighted by Gasteiger charge is -2.22. The number of aliphatic hydroxyl groups is 1. The highest BCUT2D eigenvalue weighted by atomic mass is 19.1. The van der Waals surface area contributed by atoms with Crippen molar-refractivity contribution in [3.63, 3.8) is 0 Å². The van der Waals surface area contributed by atoms with Gasteiger partial charge in [0, 0.05) is 12.5 Å². The molecule has 1 unspecified atom stereocenters. The van der Waals surface area contributed by atoms with Crippen molar-refractivity contribution < 1.29 is 9.50 Å². The van der Waals surface area contributed by atoms with Crippen molar-refractivity contribution in [2.24, 2.45) is 5.92 Å². The highest BCUT2D eigenvalue weighted by Crippen LogP contribution is 2.32. The summed E-state index contributed by atoms with van der Waals surface area (Å²) >= 11 is 0. The predicted molar refractivity (Wildman–Crippen MR) is 58.8 cm³/mol. The number of hydrogen-bond donors (Lipinski definition) is 1. The van der Waals surface area contributed by atoms with Crippen LogP contribution in [0.3, 0.4) is 0 Å². The van der Waals surface area contributed by atoms with Crippen molar-refractivity contribution in [2.45, 2.75) is 19.3 Å². The second kappa shape index (κ2) is 4.58. The fourth-order valence-electron chi connectivity index (χ4n) is 2.13. The molecule has 0 saturated heterocycles. The lowest BCUT2D eigenvalue weighted by Crippen LogP contribution is -2.11. The van der Waals surface area contributed by atoms with Crippen LogP contribution in [0.1, 0.15) is 24.8 Å². The summed E-state index contributed by atoms with van der Waals surface area (Å²) in [5.41, 5.74) is 2.21. The van der Waals surface area contributed by atoms with Gasteiger partial charge in [-0.15, -0.1) is 0 Å². The van der Waals surface area contributed by atoms with E-state index in [9.17, 15) is 9.50 Å². The second-order valence-corrected chi connectivity index (χ2v) is 3.98. The number of rotatable bonds is 2. The molecule has 0 aromatic heterocycles. The summed E-state index contributed by atoms with van der Waals surface area (Å²) in [7, 11) is 0. The summed E-state index contributed by atoms with van der Waals surface area (Å²) in [5.74, 6) is 0.0138. The van der Waals surface area contributed by atoms with Gasteiger partial charge < -0.3 is 5.11 Å². The number of aliphatic hydroxyl groups excluding tert-OH is 1. The molecule has 1 aliphatic rings. The van der Waals surface area contributed by atoms with Gasteiger partial charge in [0.25, 0.3) is 0 Å². The molecule has 0 heterocycles. The highest BCUT2D eigenvalue weighted by Gasteiger charge is 2.17. The van der Waals surface area contributed by atoms with Crippen LogP contribution in [0.5, 0.6) is 0 Å². The van der Waals surface area contributed by atoms with E-state index in [1.54, 1.807) is 12.1 Å². The van der Waals surface area contributed by atoms with Crippen molar-refractivity contribution >= 4 is 5.57 Å². The smallest absolute Gasteiger partial charge is 0.123 e. The minimum absolute atomic E-state index is 0.184. The maximum atomic E-state index is 12.8. The summed E-state index contributed by atoms with van der Waals surface area (Å²) in [4.78, 5) is 0. The number of allylic oxidation sites excluding steroid dienone is 1. The van der Waals surface area contributed by atoms with E-state index in [4.69, 9.17) is 0 Å². The van der Waals surface area contributed by atoms with Crippen LogP contribution in [0.25, 0.3) is 5.57 Å². The second-order valence-electron chi connectivity index (χ2n) is 3.98. The molecule has 80 valence electrons. The van der Waals surface area contributed by atoms with Gasteiger partial charge in [-0.05, 0) is 42.5 Å². The third kappa shape index (κ3) is 2.26. The fraction of sp³-hybridized carbons (Fsp3) is 0.385. The van der Waals surface area contributed by atoms with Crippen LogP contribution in [-0.2, 0) is 0 Å². The van der Waals surface area contributed by atoms with Crippen molar-refractivity contribution in [3.05, 3.63) is 41.7 Å². The van der Waals surface area contributed by atoms with Gasteiger partial charge in [0.2, 0.25) is 0 Å². The first-order valence-electron chi connectivity index (χ1n) is 5.38. The Kier molecular flexibility index (Phi) is 3.17. The van der Waals surface area contributed by atoms with Crippen molar-refractivity contribution in [3.8, 4) is 0 Å². The van der Waals surface area contributed by atoms with E-state index in [1.165, 1.54) is 17.7 Å². The Bertz CT molecular complexity index is 353. The number of hydrogen-bond acceptors (Lipinski definition) is 1. The van der Waals surface area contributed by atoms with Crippen LogP contribution in [0.2, 0.25) is 0 Å². The molecular formula is C13H15FO. The van der Waals surface area contributed by atoms with Crippen LogP contribution in [0.4, 0.5) is 4.39 Å². The van der Waals surface area contributed by atoms with Crippen LogP contribution >= 0.6 is 0 Å². The average molecular weight is 206 g/mol. The molecule has 0 aliphatic heterocycles. The van der Waals surface area contributed by atoms with Gasteiger partial charge in [-0.25, -0.2) is 4.39 Å². The third-order valence-corrected chi connectivity index (χ3v) is 2.96. The first-order chi connectivity index (χ1) is 7.31. The lowest BCUT2D eigenvalue weighted by molar-refractivity contribution is 0.246. The molecule has 1 aromatic rings. The van der Waals surface area contributed by atoms with Crippen molar-refractivity contribution in [2.75, 3.05) is 6.61 Å². The Morgan fingerprint density at radius 1 is 1.27 bits per heavy atom. The van der Waals surface area contributed by atoms with Crippen molar-refractivity contribution in [1.29, 1.82) is 0 Å². The molecular weight excluding hydrogens is 191 g/mol. The Labute approximate surface area is 89.3 Å². The van der Waals surface area contributed by atoms with Crippen LogP contribution in [-0.4, -0.2) is 11.7 Å². The Morgan fingerprint density at radius 3 is 2.67 bits per heavy atom. The van der Waals surface area contributed by atoms with Gasteiger partial charge in [0.15, 0.2) is 0 Å².